The number of benzene rings is 4. The minimum absolute atomic E-state index is 0.952. The van der Waals surface area contributed by atoms with Crippen molar-refractivity contribution in [2.45, 2.75) is 0 Å². The molecule has 0 amide bonds. The second-order valence-electron chi connectivity index (χ2n) is 6.49. The standard InChI is InChI=1S/C24H20P2S/c27-25-26(21-13-5-1-6-14-21,22-15-7-2-8-16-22,23-17-9-3-10-18-23)24-19-11-4-12-20-24/h1-20H. The maximum absolute atomic E-state index is 6.06. The second-order valence-corrected chi connectivity index (χ2v) is 15.2. The van der Waals surface area contributed by atoms with Crippen molar-refractivity contribution in [1.82, 2.24) is 0 Å². The van der Waals surface area contributed by atoms with E-state index in [1.54, 1.807) is 0 Å². The summed E-state index contributed by atoms with van der Waals surface area (Å²) in [7, 11) is 0.952. The molecule has 0 nitrogen and oxygen atoms in total. The fraction of sp³-hybridized carbons (Fsp3) is 0. The molecule has 0 aromatic heterocycles. The van der Waals surface area contributed by atoms with Crippen LogP contribution in [0.4, 0.5) is 0 Å². The van der Waals surface area contributed by atoms with Crippen LogP contribution >= 0.6 is 13.3 Å². The van der Waals surface area contributed by atoms with E-state index in [1.807, 2.05) is 0 Å². The van der Waals surface area contributed by atoms with E-state index in [0.717, 1.165) is 7.04 Å². The summed E-state index contributed by atoms with van der Waals surface area (Å²) in [6.45, 7) is 0. The van der Waals surface area contributed by atoms with Crippen molar-refractivity contribution in [3.63, 3.8) is 0 Å². The zero-order valence-electron chi connectivity index (χ0n) is 14.8. The molecule has 4 rings (SSSR count). The number of rotatable bonds is 5. The summed E-state index contributed by atoms with van der Waals surface area (Å²) in [5, 5.41) is 5.24. The van der Waals surface area contributed by atoms with Crippen molar-refractivity contribution in [3.05, 3.63) is 121 Å². The van der Waals surface area contributed by atoms with E-state index in [9.17, 15) is 0 Å². The third-order valence-electron chi connectivity index (χ3n) is 5.20. The van der Waals surface area contributed by atoms with Gasteiger partial charge in [-0.2, -0.15) is 0 Å². The summed E-state index contributed by atoms with van der Waals surface area (Å²) in [6, 6.07) is 43.4. The van der Waals surface area contributed by atoms with E-state index in [-0.39, 0.29) is 0 Å². The van der Waals surface area contributed by atoms with Gasteiger partial charge in [-0.3, -0.25) is 0 Å². The molecule has 132 valence electrons. The molecule has 27 heavy (non-hydrogen) atoms. The van der Waals surface area contributed by atoms with Crippen LogP contribution in [-0.2, 0) is 11.8 Å². The number of hydrogen-bond acceptors (Lipinski definition) is 1. The number of hydrogen-bond donors (Lipinski definition) is 0. The predicted molar refractivity (Wildman–Crippen MR) is 126 cm³/mol. The van der Waals surface area contributed by atoms with Gasteiger partial charge in [0.15, 0.2) is 0 Å². The van der Waals surface area contributed by atoms with Gasteiger partial charge in [-0.05, 0) is 0 Å². The first-order chi connectivity index (χ1) is 13.3. The fourth-order valence-corrected chi connectivity index (χ4v) is 15.3. The molecule has 4 aromatic rings. The first-order valence-corrected chi connectivity index (χ1v) is 13.8. The average molecular weight is 402 g/mol. The molecule has 0 spiro atoms. The van der Waals surface area contributed by atoms with Crippen LogP contribution in [0.1, 0.15) is 0 Å². The summed E-state index contributed by atoms with van der Waals surface area (Å²) < 4.78 is 0. The first kappa shape index (κ1) is 18.2. The second kappa shape index (κ2) is 7.45. The Morgan fingerprint density at radius 2 is 0.630 bits per heavy atom. The molecule has 0 fully saturated rings. The van der Waals surface area contributed by atoms with E-state index < -0.39 is 6.29 Å². The predicted octanol–water partition coefficient (Wildman–Crippen LogP) is 5.16. The van der Waals surface area contributed by atoms with Crippen molar-refractivity contribution in [2.24, 2.45) is 0 Å². The fourth-order valence-electron chi connectivity index (χ4n) is 3.96. The maximum atomic E-state index is 6.06. The van der Waals surface area contributed by atoms with Gasteiger partial charge >= 0.3 is 168 Å². The normalized spacial score (nSPS) is 13.0. The molecule has 0 N–H and O–H groups in total. The molecule has 0 aliphatic rings. The minimum atomic E-state index is -3.05. The Bertz CT molecular complexity index is 863. The van der Waals surface area contributed by atoms with E-state index in [1.165, 1.54) is 21.2 Å². The SMILES string of the molecule is S=PP(c1ccccc1)(c1ccccc1)(c1ccccc1)c1ccccc1. The summed E-state index contributed by atoms with van der Waals surface area (Å²) in [5.41, 5.74) is 0. The molecule has 4 aromatic carbocycles. The van der Waals surface area contributed by atoms with Crippen LogP contribution in [0.5, 0.6) is 0 Å². The zero-order chi connectivity index (χ0) is 18.6. The van der Waals surface area contributed by atoms with Crippen molar-refractivity contribution in [2.75, 3.05) is 0 Å². The summed E-state index contributed by atoms with van der Waals surface area (Å²) in [6.07, 6.45) is -3.05. The van der Waals surface area contributed by atoms with Gasteiger partial charge in [-0.25, -0.2) is 0 Å². The molecule has 0 bridgehead atoms. The Morgan fingerprint density at radius 3 is 0.815 bits per heavy atom. The van der Waals surface area contributed by atoms with Crippen LogP contribution in [0.15, 0.2) is 121 Å². The van der Waals surface area contributed by atoms with Crippen LogP contribution in [-0.4, -0.2) is 0 Å². The van der Waals surface area contributed by atoms with E-state index in [0.29, 0.717) is 0 Å². The van der Waals surface area contributed by atoms with E-state index >= 15 is 0 Å². The molecule has 3 heteroatoms. The van der Waals surface area contributed by atoms with Crippen LogP contribution in [0.3, 0.4) is 0 Å². The molecule has 0 radical (unpaired) electrons. The van der Waals surface area contributed by atoms with Gasteiger partial charge in [0.1, 0.15) is 0 Å². The molecular weight excluding hydrogens is 382 g/mol. The van der Waals surface area contributed by atoms with Gasteiger partial charge in [0, 0.05) is 0 Å². The quantitative estimate of drug-likeness (QED) is 0.415. The van der Waals surface area contributed by atoms with Gasteiger partial charge in [0.2, 0.25) is 0 Å². The van der Waals surface area contributed by atoms with Crippen LogP contribution in [0, 0.1) is 0 Å². The Hall–Kier alpha value is -2.17. The third-order valence-corrected chi connectivity index (χ3v) is 17.4. The van der Waals surface area contributed by atoms with E-state index in [2.05, 4.69) is 121 Å². The van der Waals surface area contributed by atoms with Crippen LogP contribution in [0.2, 0.25) is 0 Å². The first-order valence-electron chi connectivity index (χ1n) is 8.92. The molecule has 0 saturated heterocycles. The molecular formula is C24H20P2S. The van der Waals surface area contributed by atoms with Crippen LogP contribution < -0.4 is 21.2 Å². The Balaban J connectivity index is 2.29. The third kappa shape index (κ3) is 2.62. The zero-order valence-corrected chi connectivity index (χ0v) is 17.5. The monoisotopic (exact) mass is 402 g/mol. The summed E-state index contributed by atoms with van der Waals surface area (Å²) in [4.78, 5) is 0. The Labute approximate surface area is 167 Å². The Morgan fingerprint density at radius 1 is 0.407 bits per heavy atom. The van der Waals surface area contributed by atoms with E-state index in [4.69, 9.17) is 11.8 Å². The molecule has 0 heterocycles. The van der Waals surface area contributed by atoms with Crippen LogP contribution in [0.25, 0.3) is 0 Å². The molecule has 0 saturated carbocycles. The molecule has 0 unspecified atom stereocenters. The summed E-state index contributed by atoms with van der Waals surface area (Å²) >= 11 is 6.06. The van der Waals surface area contributed by atoms with Crippen molar-refractivity contribution in [1.29, 1.82) is 0 Å². The van der Waals surface area contributed by atoms with Gasteiger partial charge in [0.25, 0.3) is 0 Å². The van der Waals surface area contributed by atoms with Crippen molar-refractivity contribution >= 4 is 46.4 Å². The summed E-state index contributed by atoms with van der Waals surface area (Å²) in [5.74, 6) is 0. The average Bonchev–Trinajstić information content (AvgIpc) is 2.78. The van der Waals surface area contributed by atoms with Gasteiger partial charge in [0.05, 0.1) is 0 Å². The van der Waals surface area contributed by atoms with Gasteiger partial charge in [-0.15, -0.1) is 0 Å². The molecule has 0 aliphatic carbocycles. The van der Waals surface area contributed by atoms with Gasteiger partial charge in [-0.1, -0.05) is 0 Å². The molecule has 0 aliphatic heterocycles. The van der Waals surface area contributed by atoms with Gasteiger partial charge < -0.3 is 0 Å². The van der Waals surface area contributed by atoms with Crippen molar-refractivity contribution < 1.29 is 0 Å². The molecule has 0 atom stereocenters. The Kier molecular flexibility index (Phi) is 5.02. The van der Waals surface area contributed by atoms with Crippen molar-refractivity contribution in [3.8, 4) is 0 Å². The topological polar surface area (TPSA) is 0 Å².